The van der Waals surface area contributed by atoms with E-state index in [4.69, 9.17) is 4.74 Å². The second-order valence-corrected chi connectivity index (χ2v) is 6.67. The molecule has 0 aliphatic carbocycles. The Bertz CT molecular complexity index is 612. The highest BCUT2D eigenvalue weighted by molar-refractivity contribution is 7.98. The molecule has 0 unspecified atom stereocenters. The molecule has 118 valence electrons. The van der Waals surface area contributed by atoms with Crippen molar-refractivity contribution in [1.82, 2.24) is 14.8 Å². The predicted octanol–water partition coefficient (Wildman–Crippen LogP) is 4.61. The third kappa shape index (κ3) is 3.64. The zero-order valence-electron chi connectivity index (χ0n) is 13.1. The Morgan fingerprint density at radius 3 is 2.95 bits per heavy atom. The first-order valence-electron chi connectivity index (χ1n) is 8.17. The molecule has 5 heteroatoms. The second-order valence-electron chi connectivity index (χ2n) is 5.65. The van der Waals surface area contributed by atoms with Gasteiger partial charge in [-0.3, -0.25) is 4.57 Å². The number of ether oxygens (including phenoxy) is 1. The Hall–Kier alpha value is -1.49. The first-order chi connectivity index (χ1) is 10.9. The summed E-state index contributed by atoms with van der Waals surface area (Å²) >= 11 is 1.80. The fourth-order valence-electron chi connectivity index (χ4n) is 2.67. The van der Waals surface area contributed by atoms with Crippen molar-refractivity contribution < 1.29 is 4.74 Å². The molecular weight excluding hydrogens is 294 g/mol. The lowest BCUT2D eigenvalue weighted by Crippen LogP contribution is -2.06. The van der Waals surface area contributed by atoms with Crippen LogP contribution in [0, 0.1) is 0 Å². The van der Waals surface area contributed by atoms with Gasteiger partial charge < -0.3 is 4.74 Å². The van der Waals surface area contributed by atoms with Crippen molar-refractivity contribution in [1.29, 1.82) is 0 Å². The zero-order valence-corrected chi connectivity index (χ0v) is 13.9. The summed E-state index contributed by atoms with van der Waals surface area (Å²) in [4.78, 5) is 1.24. The molecule has 1 aliphatic heterocycles. The van der Waals surface area contributed by atoms with Gasteiger partial charge in [0.25, 0.3) is 0 Å². The average molecular weight is 317 g/mol. The lowest BCUT2D eigenvalue weighted by Gasteiger charge is -2.18. The lowest BCUT2D eigenvalue weighted by molar-refractivity contribution is 0.303. The molecule has 0 N–H and O–H groups in total. The van der Waals surface area contributed by atoms with E-state index >= 15 is 0 Å². The van der Waals surface area contributed by atoms with Crippen LogP contribution in [0.2, 0.25) is 0 Å². The third-order valence-corrected chi connectivity index (χ3v) is 4.97. The van der Waals surface area contributed by atoms with Crippen LogP contribution in [0.25, 0.3) is 5.69 Å². The first kappa shape index (κ1) is 15.4. The van der Waals surface area contributed by atoms with Crippen molar-refractivity contribution in [3.05, 3.63) is 30.4 Å². The van der Waals surface area contributed by atoms with Gasteiger partial charge in [0.15, 0.2) is 0 Å². The van der Waals surface area contributed by atoms with Crippen molar-refractivity contribution in [2.24, 2.45) is 0 Å². The number of unbranched alkanes of at least 4 members (excludes halogenated alkanes) is 5. The van der Waals surface area contributed by atoms with Gasteiger partial charge >= 0.3 is 0 Å². The summed E-state index contributed by atoms with van der Waals surface area (Å²) in [7, 11) is 0. The maximum atomic E-state index is 5.89. The van der Waals surface area contributed by atoms with Crippen molar-refractivity contribution in [2.45, 2.75) is 56.1 Å². The molecule has 0 bridgehead atoms. The molecule has 0 amide bonds. The SMILES string of the molecule is CCCCCCCCOc1ccc2c(c1)SCc1nncn1-2. The van der Waals surface area contributed by atoms with Crippen LogP contribution >= 0.6 is 11.8 Å². The second kappa shape index (κ2) is 7.68. The topological polar surface area (TPSA) is 39.9 Å². The highest BCUT2D eigenvalue weighted by Crippen LogP contribution is 2.36. The maximum Gasteiger partial charge on any atom is 0.147 e. The Balaban J connectivity index is 1.50. The van der Waals surface area contributed by atoms with E-state index in [0.29, 0.717) is 0 Å². The van der Waals surface area contributed by atoms with Crippen LogP contribution in [0.5, 0.6) is 5.75 Å². The van der Waals surface area contributed by atoms with E-state index in [2.05, 4.69) is 33.8 Å². The van der Waals surface area contributed by atoms with Gasteiger partial charge in [-0.2, -0.15) is 0 Å². The summed E-state index contributed by atoms with van der Waals surface area (Å²) in [5, 5.41) is 8.11. The highest BCUT2D eigenvalue weighted by atomic mass is 32.2. The van der Waals surface area contributed by atoms with E-state index in [-0.39, 0.29) is 0 Å². The first-order valence-corrected chi connectivity index (χ1v) is 9.16. The van der Waals surface area contributed by atoms with Crippen molar-refractivity contribution in [3.63, 3.8) is 0 Å². The molecule has 0 saturated carbocycles. The van der Waals surface area contributed by atoms with E-state index < -0.39 is 0 Å². The molecule has 1 aromatic carbocycles. The van der Waals surface area contributed by atoms with E-state index in [1.807, 2.05) is 6.07 Å². The third-order valence-electron chi connectivity index (χ3n) is 3.93. The summed E-state index contributed by atoms with van der Waals surface area (Å²) in [6, 6.07) is 6.29. The van der Waals surface area contributed by atoms with Gasteiger partial charge in [-0.05, 0) is 24.6 Å². The van der Waals surface area contributed by atoms with Crippen LogP contribution < -0.4 is 4.74 Å². The van der Waals surface area contributed by atoms with Crippen molar-refractivity contribution in [2.75, 3.05) is 6.61 Å². The van der Waals surface area contributed by atoms with E-state index in [9.17, 15) is 0 Å². The van der Waals surface area contributed by atoms with Gasteiger partial charge in [0.1, 0.15) is 17.9 Å². The smallest absolute Gasteiger partial charge is 0.147 e. The number of hydrogen-bond donors (Lipinski definition) is 0. The number of nitrogens with zero attached hydrogens (tertiary/aromatic N) is 3. The molecule has 4 nitrogen and oxygen atoms in total. The van der Waals surface area contributed by atoms with Gasteiger partial charge in [-0.25, -0.2) is 0 Å². The average Bonchev–Trinajstić information content (AvgIpc) is 3.02. The number of benzene rings is 1. The normalized spacial score (nSPS) is 12.8. The molecule has 0 saturated heterocycles. The zero-order chi connectivity index (χ0) is 15.2. The highest BCUT2D eigenvalue weighted by Gasteiger charge is 2.17. The summed E-state index contributed by atoms with van der Waals surface area (Å²) in [5.74, 6) is 2.85. The van der Waals surface area contributed by atoms with Gasteiger partial charge in [0, 0.05) is 4.90 Å². The Kier molecular flexibility index (Phi) is 5.38. The molecule has 0 radical (unpaired) electrons. The van der Waals surface area contributed by atoms with E-state index in [1.165, 1.54) is 37.0 Å². The Morgan fingerprint density at radius 2 is 2.05 bits per heavy atom. The molecule has 1 aromatic heterocycles. The van der Waals surface area contributed by atoms with Crippen molar-refractivity contribution >= 4 is 11.8 Å². The van der Waals surface area contributed by atoms with Crippen LogP contribution in [0.4, 0.5) is 0 Å². The molecule has 0 fully saturated rings. The van der Waals surface area contributed by atoms with E-state index in [0.717, 1.165) is 36.0 Å². The summed E-state index contributed by atoms with van der Waals surface area (Å²) in [6.45, 7) is 3.06. The quantitative estimate of drug-likeness (QED) is 0.666. The maximum absolute atomic E-state index is 5.89. The number of rotatable bonds is 8. The fraction of sp³-hybridized carbons (Fsp3) is 0.529. The standard InChI is InChI=1S/C17H23N3OS/c1-2-3-4-5-6-7-10-21-14-8-9-15-16(11-14)22-12-17-19-18-13-20(15)17/h8-9,11,13H,2-7,10,12H2,1H3. The fourth-order valence-corrected chi connectivity index (χ4v) is 3.67. The van der Waals surface area contributed by atoms with Gasteiger partial charge in [0.2, 0.25) is 0 Å². The number of thioether (sulfide) groups is 1. The van der Waals surface area contributed by atoms with Crippen LogP contribution in [0.15, 0.2) is 29.4 Å². The summed E-state index contributed by atoms with van der Waals surface area (Å²) in [5.41, 5.74) is 1.16. The molecule has 3 rings (SSSR count). The Morgan fingerprint density at radius 1 is 1.18 bits per heavy atom. The Labute approximate surface area is 136 Å². The van der Waals surface area contributed by atoms with Crippen LogP contribution in [-0.4, -0.2) is 21.4 Å². The minimum absolute atomic E-state index is 0.813. The molecule has 1 aliphatic rings. The molecule has 2 aromatic rings. The van der Waals surface area contributed by atoms with Crippen LogP contribution in [0.3, 0.4) is 0 Å². The summed E-state index contributed by atoms with van der Waals surface area (Å²) < 4.78 is 7.95. The van der Waals surface area contributed by atoms with E-state index in [1.54, 1.807) is 18.1 Å². The van der Waals surface area contributed by atoms with Crippen LogP contribution in [0.1, 0.15) is 51.3 Å². The number of hydrogen-bond acceptors (Lipinski definition) is 4. The molecule has 2 heterocycles. The van der Waals surface area contributed by atoms with Crippen LogP contribution in [-0.2, 0) is 5.75 Å². The van der Waals surface area contributed by atoms with Gasteiger partial charge in [-0.1, -0.05) is 39.0 Å². The molecular formula is C17H23N3OS. The number of aromatic nitrogens is 3. The molecule has 0 spiro atoms. The van der Waals surface area contributed by atoms with Crippen molar-refractivity contribution in [3.8, 4) is 11.4 Å². The predicted molar refractivity (Wildman–Crippen MR) is 89.8 cm³/mol. The monoisotopic (exact) mass is 317 g/mol. The largest absolute Gasteiger partial charge is 0.494 e. The minimum atomic E-state index is 0.813. The summed E-state index contributed by atoms with van der Waals surface area (Å²) in [6.07, 6.45) is 9.53. The molecule has 0 atom stereocenters. The number of fused-ring (bicyclic) bond motifs is 3. The van der Waals surface area contributed by atoms with Gasteiger partial charge in [-0.15, -0.1) is 22.0 Å². The van der Waals surface area contributed by atoms with Gasteiger partial charge in [0.05, 0.1) is 18.0 Å². The molecule has 22 heavy (non-hydrogen) atoms. The lowest BCUT2D eigenvalue weighted by atomic mass is 10.1. The minimum Gasteiger partial charge on any atom is -0.494 e.